The number of ether oxygens (including phenoxy) is 2. The molecule has 0 bridgehead atoms. The van der Waals surface area contributed by atoms with E-state index in [4.69, 9.17) is 15.2 Å². The van der Waals surface area contributed by atoms with Crippen molar-refractivity contribution in [1.82, 2.24) is 0 Å². The van der Waals surface area contributed by atoms with Gasteiger partial charge in [0.15, 0.2) is 11.5 Å². The third-order valence-corrected chi connectivity index (χ3v) is 3.80. The zero-order chi connectivity index (χ0) is 15.4. The number of nitrogens with one attached hydrogen (secondary N) is 1. The number of hydrogen-bond donors (Lipinski definition) is 2. The van der Waals surface area contributed by atoms with Gasteiger partial charge in [-0.3, -0.25) is 4.79 Å². The van der Waals surface area contributed by atoms with Gasteiger partial charge in [0.2, 0.25) is 5.91 Å². The van der Waals surface area contributed by atoms with Crippen molar-refractivity contribution in [3.63, 3.8) is 0 Å². The van der Waals surface area contributed by atoms with Crippen molar-refractivity contribution in [2.75, 3.05) is 19.5 Å². The molecule has 0 aliphatic heterocycles. The third kappa shape index (κ3) is 3.43. The van der Waals surface area contributed by atoms with Crippen molar-refractivity contribution >= 4 is 22.9 Å². The van der Waals surface area contributed by atoms with E-state index in [9.17, 15) is 9.18 Å². The van der Waals surface area contributed by atoms with Gasteiger partial charge in [-0.25, -0.2) is 4.39 Å². The molecule has 0 aliphatic carbocycles. The SMILES string of the molecule is COc1cc(F)c(NCc2cc(C(N)=O)cs2)cc1OC. The van der Waals surface area contributed by atoms with Crippen LogP contribution in [0.3, 0.4) is 0 Å². The average Bonchev–Trinajstić information content (AvgIpc) is 2.94. The number of primary amides is 1. The number of halogens is 1. The largest absolute Gasteiger partial charge is 0.493 e. The van der Waals surface area contributed by atoms with Crippen molar-refractivity contribution in [3.05, 3.63) is 39.8 Å². The molecule has 3 N–H and O–H groups in total. The quantitative estimate of drug-likeness (QED) is 0.860. The van der Waals surface area contributed by atoms with Gasteiger partial charge in [-0.2, -0.15) is 0 Å². The maximum atomic E-state index is 13.9. The van der Waals surface area contributed by atoms with E-state index in [0.717, 1.165) is 4.88 Å². The molecule has 0 spiro atoms. The fraction of sp³-hybridized carbons (Fsp3) is 0.214. The van der Waals surface area contributed by atoms with Crippen LogP contribution in [0, 0.1) is 5.82 Å². The first-order valence-corrected chi connectivity index (χ1v) is 6.95. The average molecular weight is 310 g/mol. The Morgan fingerprint density at radius 3 is 2.52 bits per heavy atom. The van der Waals surface area contributed by atoms with Gasteiger partial charge in [-0.15, -0.1) is 11.3 Å². The zero-order valence-electron chi connectivity index (χ0n) is 11.6. The molecule has 0 saturated carbocycles. The summed E-state index contributed by atoms with van der Waals surface area (Å²) in [6.07, 6.45) is 0. The number of hydrogen-bond acceptors (Lipinski definition) is 5. The van der Waals surface area contributed by atoms with Crippen molar-refractivity contribution in [2.45, 2.75) is 6.54 Å². The van der Waals surface area contributed by atoms with Crippen LogP contribution in [0.15, 0.2) is 23.6 Å². The molecule has 1 aromatic carbocycles. The first-order valence-electron chi connectivity index (χ1n) is 6.07. The van der Waals surface area contributed by atoms with Crippen LogP contribution in [0.25, 0.3) is 0 Å². The molecule has 0 fully saturated rings. The standard InChI is InChI=1S/C14H15FN2O3S/c1-19-12-4-10(15)11(5-13(12)20-2)17-6-9-3-8(7-21-9)14(16)18/h3-5,7,17H,6H2,1-2H3,(H2,16,18). The molecule has 112 valence electrons. The number of carbonyl (C=O) groups excluding carboxylic acids is 1. The fourth-order valence-electron chi connectivity index (χ4n) is 1.77. The summed E-state index contributed by atoms with van der Waals surface area (Å²) in [5.74, 6) is -0.160. The second-order valence-corrected chi connectivity index (χ2v) is 5.20. The van der Waals surface area contributed by atoms with E-state index in [1.807, 2.05) is 0 Å². The Morgan fingerprint density at radius 2 is 1.95 bits per heavy atom. The molecule has 0 saturated heterocycles. The Morgan fingerprint density at radius 1 is 1.29 bits per heavy atom. The molecule has 1 heterocycles. The highest BCUT2D eigenvalue weighted by Gasteiger charge is 2.11. The Kier molecular flexibility index (Phi) is 4.64. The van der Waals surface area contributed by atoms with Crippen LogP contribution in [-0.2, 0) is 6.54 Å². The molecule has 2 aromatic rings. The number of rotatable bonds is 6. The molecule has 0 radical (unpaired) electrons. The summed E-state index contributed by atoms with van der Waals surface area (Å²) in [6.45, 7) is 0.379. The lowest BCUT2D eigenvalue weighted by Crippen LogP contribution is -2.09. The van der Waals surface area contributed by atoms with Gasteiger partial charge in [0, 0.05) is 28.9 Å². The number of anilines is 1. The summed E-state index contributed by atoms with van der Waals surface area (Å²) in [5, 5.41) is 4.63. The van der Waals surface area contributed by atoms with E-state index in [0.29, 0.717) is 29.3 Å². The topological polar surface area (TPSA) is 73.6 Å². The molecule has 0 aliphatic rings. The molecule has 0 atom stereocenters. The van der Waals surface area contributed by atoms with Crippen LogP contribution >= 0.6 is 11.3 Å². The highest BCUT2D eigenvalue weighted by Crippen LogP contribution is 2.32. The van der Waals surface area contributed by atoms with E-state index in [1.165, 1.54) is 37.7 Å². The Labute approximate surface area is 125 Å². The number of nitrogens with two attached hydrogens (primary N) is 1. The van der Waals surface area contributed by atoms with E-state index < -0.39 is 11.7 Å². The summed E-state index contributed by atoms with van der Waals surface area (Å²) >= 11 is 1.38. The van der Waals surface area contributed by atoms with Gasteiger partial charge in [0.25, 0.3) is 0 Å². The number of amides is 1. The lowest BCUT2D eigenvalue weighted by molar-refractivity contribution is 0.100. The van der Waals surface area contributed by atoms with Crippen molar-refractivity contribution in [1.29, 1.82) is 0 Å². The molecule has 1 amide bonds. The Hall–Kier alpha value is -2.28. The first kappa shape index (κ1) is 15.1. The van der Waals surface area contributed by atoms with Crippen LogP contribution in [0.1, 0.15) is 15.2 Å². The highest BCUT2D eigenvalue weighted by molar-refractivity contribution is 7.10. The predicted molar refractivity (Wildman–Crippen MR) is 79.7 cm³/mol. The molecular weight excluding hydrogens is 295 g/mol. The van der Waals surface area contributed by atoms with E-state index in [1.54, 1.807) is 11.4 Å². The smallest absolute Gasteiger partial charge is 0.249 e. The number of benzene rings is 1. The fourth-order valence-corrected chi connectivity index (χ4v) is 2.59. The normalized spacial score (nSPS) is 10.2. The molecule has 0 unspecified atom stereocenters. The second kappa shape index (κ2) is 6.45. The molecule has 2 rings (SSSR count). The Bertz CT molecular complexity index is 658. The third-order valence-electron chi connectivity index (χ3n) is 2.86. The molecule has 1 aromatic heterocycles. The summed E-state index contributed by atoms with van der Waals surface area (Å²) in [6, 6.07) is 4.46. The minimum absolute atomic E-state index is 0.293. The van der Waals surface area contributed by atoms with Crippen LogP contribution in [0.5, 0.6) is 11.5 Å². The van der Waals surface area contributed by atoms with Crippen LogP contribution in [-0.4, -0.2) is 20.1 Å². The van der Waals surface area contributed by atoms with Crippen LogP contribution in [0.2, 0.25) is 0 Å². The summed E-state index contributed by atoms with van der Waals surface area (Å²) in [5.41, 5.74) is 5.93. The molecule has 7 heteroatoms. The van der Waals surface area contributed by atoms with Crippen molar-refractivity contribution in [3.8, 4) is 11.5 Å². The first-order chi connectivity index (χ1) is 10.0. The van der Waals surface area contributed by atoms with E-state index >= 15 is 0 Å². The number of methoxy groups -OCH3 is 2. The van der Waals surface area contributed by atoms with Crippen LogP contribution < -0.4 is 20.5 Å². The molecule has 5 nitrogen and oxygen atoms in total. The van der Waals surface area contributed by atoms with Gasteiger partial charge < -0.3 is 20.5 Å². The summed E-state index contributed by atoms with van der Waals surface area (Å²) in [7, 11) is 2.93. The predicted octanol–water partition coefficient (Wildman–Crippen LogP) is 2.62. The number of thiophene rings is 1. The lowest BCUT2D eigenvalue weighted by atomic mass is 10.2. The van der Waals surface area contributed by atoms with Gasteiger partial charge in [-0.05, 0) is 6.07 Å². The van der Waals surface area contributed by atoms with Crippen molar-refractivity contribution in [2.24, 2.45) is 5.73 Å². The van der Waals surface area contributed by atoms with Crippen molar-refractivity contribution < 1.29 is 18.7 Å². The minimum atomic E-state index is -0.477. The van der Waals surface area contributed by atoms with Gasteiger partial charge in [-0.1, -0.05) is 0 Å². The molecular formula is C14H15FN2O3S. The maximum Gasteiger partial charge on any atom is 0.249 e. The van der Waals surface area contributed by atoms with E-state index in [2.05, 4.69) is 5.32 Å². The van der Waals surface area contributed by atoms with Gasteiger partial charge in [0.05, 0.1) is 25.5 Å². The minimum Gasteiger partial charge on any atom is -0.493 e. The monoisotopic (exact) mass is 310 g/mol. The summed E-state index contributed by atoms with van der Waals surface area (Å²) < 4.78 is 24.1. The highest BCUT2D eigenvalue weighted by atomic mass is 32.1. The van der Waals surface area contributed by atoms with Gasteiger partial charge in [0.1, 0.15) is 5.82 Å². The van der Waals surface area contributed by atoms with Crippen LogP contribution in [0.4, 0.5) is 10.1 Å². The maximum absolute atomic E-state index is 13.9. The number of carbonyl (C=O) groups is 1. The lowest BCUT2D eigenvalue weighted by Gasteiger charge is -2.12. The zero-order valence-corrected chi connectivity index (χ0v) is 12.4. The second-order valence-electron chi connectivity index (χ2n) is 4.21. The van der Waals surface area contributed by atoms with Gasteiger partial charge >= 0.3 is 0 Å². The van der Waals surface area contributed by atoms with E-state index in [-0.39, 0.29) is 0 Å². The summed E-state index contributed by atoms with van der Waals surface area (Å²) in [4.78, 5) is 11.9. The molecule has 21 heavy (non-hydrogen) atoms. The Balaban J connectivity index is 2.13.